The lowest BCUT2D eigenvalue weighted by Crippen LogP contribution is -2.08. The van der Waals surface area contributed by atoms with Gasteiger partial charge in [0.05, 0.1) is 12.8 Å². The third-order valence-corrected chi connectivity index (χ3v) is 1.32. The van der Waals surface area contributed by atoms with Crippen molar-refractivity contribution in [3.05, 3.63) is 24.0 Å². The molecule has 0 aliphatic heterocycles. The Bertz CT molecular complexity index is 257. The molecule has 0 amide bonds. The van der Waals surface area contributed by atoms with Gasteiger partial charge in [-0.3, -0.25) is 5.84 Å². The average Bonchev–Trinajstić information content (AvgIpc) is 2.04. The number of methoxy groups -OCH3 is 1. The van der Waals surface area contributed by atoms with Crippen molar-refractivity contribution in [1.82, 2.24) is 0 Å². The van der Waals surface area contributed by atoms with Gasteiger partial charge >= 0.3 is 0 Å². The molecule has 68 valence electrons. The minimum absolute atomic E-state index is 0. The Morgan fingerprint density at radius 2 is 2.17 bits per heavy atom. The van der Waals surface area contributed by atoms with Gasteiger partial charge in [-0.2, -0.15) is 0 Å². The van der Waals surface area contributed by atoms with E-state index in [1.54, 1.807) is 0 Å². The lowest BCUT2D eigenvalue weighted by atomic mass is 10.3. The fourth-order valence-corrected chi connectivity index (χ4v) is 0.784. The van der Waals surface area contributed by atoms with Gasteiger partial charge in [0.25, 0.3) is 0 Å². The van der Waals surface area contributed by atoms with Crippen LogP contribution in [-0.2, 0) is 0 Å². The van der Waals surface area contributed by atoms with Crippen molar-refractivity contribution in [3.8, 4) is 5.75 Å². The van der Waals surface area contributed by atoms with Gasteiger partial charge in [0, 0.05) is 6.07 Å². The number of nitrogen functional groups attached to an aromatic ring is 1. The predicted molar refractivity (Wildman–Crippen MR) is 51.1 cm³/mol. The second kappa shape index (κ2) is 4.95. The standard InChI is InChI=1S/C7H9FN2O.BrH/c1-11-7-4-5(8)2-3-6(7)10-9;/h2-4,10H,9H2,1H3;1H. The minimum Gasteiger partial charge on any atom is -0.494 e. The molecule has 1 rings (SSSR count). The number of ether oxygens (including phenoxy) is 1. The van der Waals surface area contributed by atoms with Crippen LogP contribution in [0, 0.1) is 5.82 Å². The van der Waals surface area contributed by atoms with Gasteiger partial charge in [0.2, 0.25) is 0 Å². The first-order chi connectivity index (χ1) is 5.27. The summed E-state index contributed by atoms with van der Waals surface area (Å²) in [6, 6.07) is 4.07. The van der Waals surface area contributed by atoms with E-state index in [1.165, 1.54) is 25.3 Å². The van der Waals surface area contributed by atoms with Crippen molar-refractivity contribution in [2.24, 2.45) is 5.84 Å². The van der Waals surface area contributed by atoms with Crippen LogP contribution >= 0.6 is 17.0 Å². The van der Waals surface area contributed by atoms with Crippen molar-refractivity contribution in [1.29, 1.82) is 0 Å². The van der Waals surface area contributed by atoms with Crippen molar-refractivity contribution >= 4 is 22.7 Å². The topological polar surface area (TPSA) is 47.3 Å². The number of hydrogen-bond acceptors (Lipinski definition) is 3. The van der Waals surface area contributed by atoms with E-state index in [2.05, 4.69) is 5.43 Å². The molecule has 0 unspecified atom stereocenters. The summed E-state index contributed by atoms with van der Waals surface area (Å²) in [4.78, 5) is 0. The first-order valence-electron chi connectivity index (χ1n) is 3.08. The molecule has 1 aromatic rings. The van der Waals surface area contributed by atoms with Crippen LogP contribution in [0.1, 0.15) is 0 Å². The number of hydrazine groups is 1. The van der Waals surface area contributed by atoms with Crippen molar-refractivity contribution in [3.63, 3.8) is 0 Å². The van der Waals surface area contributed by atoms with Gasteiger partial charge in [-0.1, -0.05) is 0 Å². The quantitative estimate of drug-likeness (QED) is 0.607. The molecule has 0 saturated heterocycles. The van der Waals surface area contributed by atoms with Crippen LogP contribution < -0.4 is 16.0 Å². The molecule has 0 spiro atoms. The van der Waals surface area contributed by atoms with E-state index in [-0.39, 0.29) is 22.8 Å². The molecule has 3 N–H and O–H groups in total. The molecular formula is C7H10BrFN2O. The fraction of sp³-hybridized carbons (Fsp3) is 0.143. The molecular weight excluding hydrogens is 227 g/mol. The van der Waals surface area contributed by atoms with Gasteiger partial charge in [-0.05, 0) is 12.1 Å². The summed E-state index contributed by atoms with van der Waals surface area (Å²) in [5.74, 6) is 5.17. The van der Waals surface area contributed by atoms with E-state index in [0.29, 0.717) is 11.4 Å². The molecule has 0 aromatic heterocycles. The number of nitrogens with one attached hydrogen (secondary N) is 1. The van der Waals surface area contributed by atoms with Crippen molar-refractivity contribution in [2.45, 2.75) is 0 Å². The van der Waals surface area contributed by atoms with Crippen LogP contribution in [0.15, 0.2) is 18.2 Å². The monoisotopic (exact) mass is 236 g/mol. The maximum absolute atomic E-state index is 12.5. The first kappa shape index (κ1) is 11.2. The van der Waals surface area contributed by atoms with E-state index >= 15 is 0 Å². The normalized spacial score (nSPS) is 8.58. The van der Waals surface area contributed by atoms with Crippen LogP contribution in [-0.4, -0.2) is 7.11 Å². The van der Waals surface area contributed by atoms with Crippen LogP contribution in [0.3, 0.4) is 0 Å². The van der Waals surface area contributed by atoms with Gasteiger partial charge in [0.15, 0.2) is 0 Å². The molecule has 0 fully saturated rings. The molecule has 0 heterocycles. The van der Waals surface area contributed by atoms with Gasteiger partial charge < -0.3 is 10.2 Å². The molecule has 0 saturated carbocycles. The maximum Gasteiger partial charge on any atom is 0.146 e. The number of nitrogens with two attached hydrogens (primary N) is 1. The SMILES string of the molecule is Br.COc1cc(F)ccc1NN. The summed E-state index contributed by atoms with van der Waals surface area (Å²) in [5, 5.41) is 0. The number of hydrogen-bond donors (Lipinski definition) is 2. The summed E-state index contributed by atoms with van der Waals surface area (Å²) >= 11 is 0. The van der Waals surface area contributed by atoms with Crippen LogP contribution in [0.4, 0.5) is 10.1 Å². The highest BCUT2D eigenvalue weighted by molar-refractivity contribution is 8.93. The molecule has 0 aliphatic carbocycles. The van der Waals surface area contributed by atoms with Gasteiger partial charge in [0.1, 0.15) is 11.6 Å². The lowest BCUT2D eigenvalue weighted by molar-refractivity contribution is 0.413. The smallest absolute Gasteiger partial charge is 0.146 e. The minimum atomic E-state index is -0.346. The average molecular weight is 237 g/mol. The summed E-state index contributed by atoms with van der Waals surface area (Å²) in [6.07, 6.45) is 0. The summed E-state index contributed by atoms with van der Waals surface area (Å²) < 4.78 is 17.4. The van der Waals surface area contributed by atoms with Crippen molar-refractivity contribution < 1.29 is 9.13 Å². The van der Waals surface area contributed by atoms with E-state index in [1.807, 2.05) is 0 Å². The molecule has 0 radical (unpaired) electrons. The Hall–Kier alpha value is -0.810. The second-order valence-corrected chi connectivity index (χ2v) is 1.99. The number of halogens is 2. The number of anilines is 1. The zero-order valence-electron chi connectivity index (χ0n) is 6.50. The van der Waals surface area contributed by atoms with Crippen molar-refractivity contribution in [2.75, 3.05) is 12.5 Å². The zero-order valence-corrected chi connectivity index (χ0v) is 8.22. The van der Waals surface area contributed by atoms with E-state index in [0.717, 1.165) is 0 Å². The molecule has 3 nitrogen and oxygen atoms in total. The zero-order chi connectivity index (χ0) is 8.27. The molecule has 0 bridgehead atoms. The third kappa shape index (κ3) is 2.35. The van der Waals surface area contributed by atoms with E-state index in [4.69, 9.17) is 10.6 Å². The Balaban J connectivity index is 0.00000121. The Morgan fingerprint density at radius 1 is 1.50 bits per heavy atom. The Morgan fingerprint density at radius 3 is 2.67 bits per heavy atom. The van der Waals surface area contributed by atoms with Gasteiger partial charge in [-0.25, -0.2) is 4.39 Å². The molecule has 0 aliphatic rings. The third-order valence-electron chi connectivity index (χ3n) is 1.32. The lowest BCUT2D eigenvalue weighted by Gasteiger charge is -2.06. The highest BCUT2D eigenvalue weighted by atomic mass is 79.9. The van der Waals surface area contributed by atoms with Gasteiger partial charge in [-0.15, -0.1) is 17.0 Å². The Kier molecular flexibility index (Phi) is 4.61. The van der Waals surface area contributed by atoms with E-state index < -0.39 is 0 Å². The molecule has 12 heavy (non-hydrogen) atoms. The first-order valence-corrected chi connectivity index (χ1v) is 3.08. The predicted octanol–water partition coefficient (Wildman–Crippen LogP) is 1.70. The Labute approximate surface area is 80.4 Å². The maximum atomic E-state index is 12.5. The van der Waals surface area contributed by atoms with E-state index in [9.17, 15) is 4.39 Å². The summed E-state index contributed by atoms with van der Waals surface area (Å²) in [5.41, 5.74) is 2.95. The van der Waals surface area contributed by atoms with Crippen LogP contribution in [0.2, 0.25) is 0 Å². The summed E-state index contributed by atoms with van der Waals surface area (Å²) in [7, 11) is 1.45. The van der Waals surface area contributed by atoms with Crippen LogP contribution in [0.25, 0.3) is 0 Å². The largest absolute Gasteiger partial charge is 0.494 e. The second-order valence-electron chi connectivity index (χ2n) is 1.99. The molecule has 1 aromatic carbocycles. The number of benzene rings is 1. The highest BCUT2D eigenvalue weighted by Crippen LogP contribution is 2.23. The fourth-order valence-electron chi connectivity index (χ4n) is 0.784. The summed E-state index contributed by atoms with van der Waals surface area (Å²) in [6.45, 7) is 0. The number of rotatable bonds is 2. The van der Waals surface area contributed by atoms with Crippen LogP contribution in [0.5, 0.6) is 5.75 Å². The molecule has 5 heteroatoms. The molecule has 0 atom stereocenters. The highest BCUT2D eigenvalue weighted by Gasteiger charge is 2.00.